The number of fused-ring (bicyclic) bond motifs is 1. The first-order chi connectivity index (χ1) is 12.5. The topological polar surface area (TPSA) is 91.0 Å². The maximum atomic E-state index is 13.5. The van der Waals surface area contributed by atoms with Crippen molar-refractivity contribution in [3.63, 3.8) is 0 Å². The van der Waals surface area contributed by atoms with Crippen molar-refractivity contribution in [3.05, 3.63) is 53.6 Å². The Balaban J connectivity index is 1.66. The third kappa shape index (κ3) is 2.83. The van der Waals surface area contributed by atoms with Crippen molar-refractivity contribution >= 4 is 17.4 Å². The van der Waals surface area contributed by atoms with Crippen LogP contribution in [0.4, 0.5) is 10.2 Å². The van der Waals surface area contributed by atoms with Crippen LogP contribution in [0.25, 0.3) is 5.65 Å². The maximum absolute atomic E-state index is 13.5. The fourth-order valence-corrected chi connectivity index (χ4v) is 3.49. The molecule has 3 aromatic rings. The number of hydrogen-bond acceptors (Lipinski definition) is 5. The van der Waals surface area contributed by atoms with Crippen molar-refractivity contribution in [1.29, 1.82) is 0 Å². The van der Waals surface area contributed by atoms with E-state index in [1.165, 1.54) is 28.9 Å². The van der Waals surface area contributed by atoms with Crippen molar-refractivity contribution in [2.45, 2.75) is 25.3 Å². The van der Waals surface area contributed by atoms with Gasteiger partial charge in [0.1, 0.15) is 22.9 Å². The van der Waals surface area contributed by atoms with E-state index in [1.807, 2.05) is 0 Å². The second-order valence-corrected chi connectivity index (χ2v) is 6.38. The minimum absolute atomic E-state index is 0.0466. The van der Waals surface area contributed by atoms with Gasteiger partial charge in [-0.25, -0.2) is 18.7 Å². The number of hydrogen-bond donors (Lipinski definition) is 2. The normalized spacial score (nSPS) is 17.1. The Morgan fingerprint density at radius 1 is 1.35 bits per heavy atom. The van der Waals surface area contributed by atoms with Crippen LogP contribution < -0.4 is 4.90 Å². The molecule has 1 atom stereocenters. The van der Waals surface area contributed by atoms with E-state index >= 15 is 0 Å². The highest BCUT2D eigenvalue weighted by Gasteiger charge is 2.27. The Labute approximate surface area is 148 Å². The van der Waals surface area contributed by atoms with Gasteiger partial charge in [-0.15, -0.1) is 0 Å². The Hall–Kier alpha value is -3.16. The Morgan fingerprint density at radius 3 is 3.00 bits per heavy atom. The van der Waals surface area contributed by atoms with Gasteiger partial charge in [0.25, 0.3) is 0 Å². The second-order valence-electron chi connectivity index (χ2n) is 6.38. The average molecular weight is 356 g/mol. The number of phenolic OH excluding ortho intramolecular Hbond substituents is 1. The number of carboxylic acid groups (broad SMARTS) is 1. The molecule has 3 heterocycles. The van der Waals surface area contributed by atoms with Gasteiger partial charge in [0.05, 0.1) is 6.20 Å². The lowest BCUT2D eigenvalue weighted by Gasteiger charge is -2.26. The molecule has 0 amide bonds. The molecule has 1 saturated heterocycles. The van der Waals surface area contributed by atoms with E-state index in [2.05, 4.69) is 15.0 Å². The van der Waals surface area contributed by atoms with Crippen molar-refractivity contribution in [2.24, 2.45) is 0 Å². The van der Waals surface area contributed by atoms with Crippen molar-refractivity contribution < 1.29 is 19.4 Å². The fourth-order valence-electron chi connectivity index (χ4n) is 3.49. The van der Waals surface area contributed by atoms with Crippen molar-refractivity contribution in [3.8, 4) is 5.75 Å². The molecule has 26 heavy (non-hydrogen) atoms. The fraction of sp³-hybridized carbons (Fsp3) is 0.278. The number of halogens is 1. The molecule has 1 unspecified atom stereocenters. The van der Waals surface area contributed by atoms with Gasteiger partial charge in [-0.3, -0.25) is 0 Å². The van der Waals surface area contributed by atoms with Gasteiger partial charge in [0.15, 0.2) is 5.65 Å². The molecule has 0 aliphatic carbocycles. The van der Waals surface area contributed by atoms with Gasteiger partial charge < -0.3 is 15.1 Å². The first-order valence-electron chi connectivity index (χ1n) is 8.34. The number of carbonyl (C=O) groups is 1. The van der Waals surface area contributed by atoms with Crippen molar-refractivity contribution in [2.75, 3.05) is 11.4 Å². The number of carboxylic acids is 1. The molecular weight excluding hydrogens is 339 g/mol. The number of benzene rings is 1. The van der Waals surface area contributed by atoms with Crippen LogP contribution in [0.2, 0.25) is 0 Å². The minimum atomic E-state index is -1.08. The Morgan fingerprint density at radius 2 is 2.19 bits per heavy atom. The zero-order valence-corrected chi connectivity index (χ0v) is 13.8. The van der Waals surface area contributed by atoms with Gasteiger partial charge in [-0.2, -0.15) is 5.10 Å². The molecule has 4 rings (SSSR count). The van der Waals surface area contributed by atoms with E-state index < -0.39 is 5.97 Å². The summed E-state index contributed by atoms with van der Waals surface area (Å²) < 4.78 is 14.9. The van der Waals surface area contributed by atoms with Crippen LogP contribution in [0.15, 0.2) is 36.7 Å². The first-order valence-corrected chi connectivity index (χ1v) is 8.34. The van der Waals surface area contributed by atoms with Gasteiger partial charge in [-0.1, -0.05) is 0 Å². The molecule has 7 nitrogen and oxygen atoms in total. The molecular formula is C18H17FN4O3. The zero-order chi connectivity index (χ0) is 18.3. The third-order valence-corrected chi connectivity index (χ3v) is 4.75. The molecule has 2 N–H and O–H groups in total. The number of aromatic hydroxyl groups is 1. The second kappa shape index (κ2) is 6.29. The van der Waals surface area contributed by atoms with Crippen LogP contribution in [0.3, 0.4) is 0 Å². The highest BCUT2D eigenvalue weighted by atomic mass is 19.1. The summed E-state index contributed by atoms with van der Waals surface area (Å²) in [7, 11) is 0. The number of aromatic carboxylic acids is 1. The summed E-state index contributed by atoms with van der Waals surface area (Å²) in [5, 5.41) is 23.2. The number of rotatable bonds is 4. The molecule has 134 valence electrons. The van der Waals surface area contributed by atoms with E-state index in [1.54, 1.807) is 12.3 Å². The summed E-state index contributed by atoms with van der Waals surface area (Å²) in [6.07, 6.45) is 5.27. The monoisotopic (exact) mass is 356 g/mol. The SMILES string of the molecule is O=C(O)c1cnn2ccc(N3CCCC3Cc3cc(F)ccc3O)nc12. The number of anilines is 1. The van der Waals surface area contributed by atoms with Crippen LogP contribution in [0.5, 0.6) is 5.75 Å². The maximum Gasteiger partial charge on any atom is 0.341 e. The Kier molecular flexibility index (Phi) is 3.95. The predicted molar refractivity (Wildman–Crippen MR) is 92.1 cm³/mol. The summed E-state index contributed by atoms with van der Waals surface area (Å²) in [6.45, 7) is 0.764. The molecule has 0 radical (unpaired) electrons. The average Bonchev–Trinajstić information content (AvgIpc) is 3.24. The highest BCUT2D eigenvalue weighted by molar-refractivity contribution is 5.94. The van der Waals surface area contributed by atoms with Gasteiger partial charge >= 0.3 is 5.97 Å². The predicted octanol–water partition coefficient (Wildman–Crippen LogP) is 2.48. The smallest absolute Gasteiger partial charge is 0.341 e. The van der Waals surface area contributed by atoms with Crippen LogP contribution in [0.1, 0.15) is 28.8 Å². The number of aromatic nitrogens is 3. The van der Waals surface area contributed by atoms with E-state index in [0.717, 1.165) is 19.4 Å². The molecule has 2 aromatic heterocycles. The first kappa shape index (κ1) is 16.3. The summed E-state index contributed by atoms with van der Waals surface area (Å²) >= 11 is 0. The molecule has 8 heteroatoms. The van der Waals surface area contributed by atoms with Gasteiger partial charge in [0.2, 0.25) is 0 Å². The third-order valence-electron chi connectivity index (χ3n) is 4.75. The number of phenols is 1. The molecule has 0 saturated carbocycles. The lowest BCUT2D eigenvalue weighted by molar-refractivity contribution is 0.0698. The summed E-state index contributed by atoms with van der Waals surface area (Å²) in [5.74, 6) is -0.732. The molecule has 0 bridgehead atoms. The minimum Gasteiger partial charge on any atom is -0.508 e. The quantitative estimate of drug-likeness (QED) is 0.746. The van der Waals surface area contributed by atoms with Crippen LogP contribution in [0, 0.1) is 5.82 Å². The van der Waals surface area contributed by atoms with Gasteiger partial charge in [0, 0.05) is 18.8 Å². The lowest BCUT2D eigenvalue weighted by atomic mass is 10.0. The van der Waals surface area contributed by atoms with Gasteiger partial charge in [-0.05, 0) is 49.1 Å². The lowest BCUT2D eigenvalue weighted by Crippen LogP contribution is -2.32. The largest absolute Gasteiger partial charge is 0.508 e. The zero-order valence-electron chi connectivity index (χ0n) is 13.8. The molecule has 1 aromatic carbocycles. The summed E-state index contributed by atoms with van der Waals surface area (Å²) in [5.41, 5.74) is 0.887. The molecule has 1 aliphatic rings. The van der Waals surface area contributed by atoms with E-state index in [-0.39, 0.29) is 28.8 Å². The number of nitrogens with zero attached hydrogens (tertiary/aromatic N) is 4. The van der Waals surface area contributed by atoms with E-state index in [9.17, 15) is 19.4 Å². The highest BCUT2D eigenvalue weighted by Crippen LogP contribution is 2.29. The molecule has 1 aliphatic heterocycles. The van der Waals surface area contributed by atoms with Crippen molar-refractivity contribution in [1.82, 2.24) is 14.6 Å². The summed E-state index contributed by atoms with van der Waals surface area (Å²) in [4.78, 5) is 17.9. The Bertz CT molecular complexity index is 988. The van der Waals surface area contributed by atoms with Crippen LogP contribution in [-0.4, -0.2) is 43.4 Å². The summed E-state index contributed by atoms with van der Waals surface area (Å²) in [6, 6.07) is 5.78. The van der Waals surface area contributed by atoms with E-state index in [4.69, 9.17) is 0 Å². The van der Waals surface area contributed by atoms with Crippen LogP contribution in [-0.2, 0) is 6.42 Å². The molecule has 0 spiro atoms. The molecule has 1 fully saturated rings. The van der Waals surface area contributed by atoms with Crippen LogP contribution >= 0.6 is 0 Å². The standard InChI is InChI=1S/C18H17FN4O3/c19-12-3-4-15(24)11(8-12)9-13-2-1-6-22(13)16-5-7-23-17(21-16)14(10-20-23)18(25)26/h3-5,7-8,10,13,24H,1-2,6,9H2,(H,25,26). The van der Waals surface area contributed by atoms with E-state index in [0.29, 0.717) is 17.8 Å².